The molecule has 0 aliphatic carbocycles. The van der Waals surface area contributed by atoms with Crippen molar-refractivity contribution >= 4 is 27.7 Å². The number of nitrogens with zero attached hydrogens (tertiary/aromatic N) is 3. The predicted molar refractivity (Wildman–Crippen MR) is 109 cm³/mol. The first-order valence-corrected chi connectivity index (χ1v) is 10.3. The summed E-state index contributed by atoms with van der Waals surface area (Å²) in [6.07, 6.45) is 7.27. The first kappa shape index (κ1) is 18.3. The van der Waals surface area contributed by atoms with E-state index in [1.165, 1.54) is 18.5 Å². The number of amides is 1. The molecule has 1 aromatic carbocycles. The number of carbonyl (C=O) groups excluding carboxylic acids is 1. The van der Waals surface area contributed by atoms with Crippen LogP contribution >= 0.6 is 15.9 Å². The van der Waals surface area contributed by atoms with Crippen LogP contribution in [0.15, 0.2) is 57.9 Å². The number of rotatable bonds is 4. The number of oxazole rings is 1. The Kier molecular flexibility index (Phi) is 4.58. The maximum absolute atomic E-state index is 14.6. The van der Waals surface area contributed by atoms with Crippen molar-refractivity contribution in [2.45, 2.75) is 37.4 Å². The van der Waals surface area contributed by atoms with Crippen molar-refractivity contribution in [3.63, 3.8) is 0 Å². The largest absolute Gasteiger partial charge is 0.444 e. The van der Waals surface area contributed by atoms with Gasteiger partial charge in [-0.1, -0.05) is 6.07 Å². The van der Waals surface area contributed by atoms with E-state index in [1.54, 1.807) is 18.3 Å². The van der Waals surface area contributed by atoms with Crippen LogP contribution < -0.4 is 5.32 Å². The summed E-state index contributed by atoms with van der Waals surface area (Å²) in [5.74, 6) is 0.202. The molecular weight excluding hydrogens is 439 g/mol. The fraction of sp³-hybridized carbons (Fsp3) is 0.286. The average Bonchev–Trinajstić information content (AvgIpc) is 3.45. The Balaban J connectivity index is 1.43. The van der Waals surface area contributed by atoms with E-state index in [4.69, 9.17) is 4.42 Å². The fourth-order valence-corrected chi connectivity index (χ4v) is 4.75. The van der Waals surface area contributed by atoms with Crippen LogP contribution in [0.2, 0.25) is 0 Å². The Morgan fingerprint density at radius 3 is 2.90 bits per heavy atom. The molecule has 2 aromatic heterocycles. The Bertz CT molecular complexity index is 1040. The van der Waals surface area contributed by atoms with Gasteiger partial charge in [0.2, 0.25) is 5.89 Å². The second-order valence-corrected chi connectivity index (χ2v) is 8.27. The minimum absolute atomic E-state index is 0.0404. The molecule has 8 heteroatoms. The molecule has 0 saturated carbocycles. The lowest BCUT2D eigenvalue weighted by Gasteiger charge is -2.26. The molecule has 5 rings (SSSR count). The molecule has 2 saturated heterocycles. The summed E-state index contributed by atoms with van der Waals surface area (Å²) in [4.78, 5) is 23.8. The van der Waals surface area contributed by atoms with Gasteiger partial charge in [0.1, 0.15) is 17.9 Å². The van der Waals surface area contributed by atoms with E-state index >= 15 is 0 Å². The van der Waals surface area contributed by atoms with E-state index in [0.29, 0.717) is 0 Å². The Morgan fingerprint density at radius 1 is 1.24 bits per heavy atom. The molecule has 2 aliphatic rings. The van der Waals surface area contributed by atoms with Gasteiger partial charge in [0, 0.05) is 22.8 Å². The first-order valence-electron chi connectivity index (χ1n) is 9.51. The zero-order valence-electron chi connectivity index (χ0n) is 15.4. The Hall–Kier alpha value is -2.74. The van der Waals surface area contributed by atoms with Crippen molar-refractivity contribution in [2.75, 3.05) is 5.32 Å². The maximum atomic E-state index is 14.6. The molecule has 1 N–H and O–H groups in total. The van der Waals surface area contributed by atoms with Gasteiger partial charge in [0.15, 0.2) is 0 Å². The molecular formula is C21H18BrFN4O2. The van der Waals surface area contributed by atoms with Gasteiger partial charge in [-0.05, 0) is 59.5 Å². The number of nitrogens with one attached hydrogen (secondary N) is 1. The molecule has 2 bridgehead atoms. The molecule has 148 valence electrons. The number of benzene rings is 1. The van der Waals surface area contributed by atoms with E-state index in [0.717, 1.165) is 29.6 Å². The summed E-state index contributed by atoms with van der Waals surface area (Å²) in [6, 6.07) is 8.63. The quantitative estimate of drug-likeness (QED) is 0.625. The standard InChI is InChI=1S/C21H18BrFN4O2/c22-12-4-7-18(25-11-12)26-16-10-13-5-6-17(16)27(13)21(28)14-2-1-3-15(23)19(14)20-24-8-9-29-20/h1-4,7-9,11,13,16-17H,5-6,10H2,(H,25,26)/t13-,16-,17+/m1/s1. The highest BCUT2D eigenvalue weighted by Gasteiger charge is 2.49. The van der Waals surface area contributed by atoms with E-state index in [1.807, 2.05) is 17.0 Å². The van der Waals surface area contributed by atoms with Crippen LogP contribution in [0.3, 0.4) is 0 Å². The third-order valence-electron chi connectivity index (χ3n) is 5.72. The number of fused-ring (bicyclic) bond motifs is 2. The van der Waals surface area contributed by atoms with Crippen molar-refractivity contribution in [1.29, 1.82) is 0 Å². The molecule has 4 heterocycles. The van der Waals surface area contributed by atoms with Crippen LogP contribution in [-0.2, 0) is 0 Å². The lowest BCUT2D eigenvalue weighted by atomic mass is 9.95. The van der Waals surface area contributed by atoms with Crippen LogP contribution in [0, 0.1) is 5.82 Å². The monoisotopic (exact) mass is 456 g/mol. The lowest BCUT2D eigenvalue weighted by molar-refractivity contribution is 0.0727. The minimum Gasteiger partial charge on any atom is -0.444 e. The van der Waals surface area contributed by atoms with E-state index in [2.05, 4.69) is 31.2 Å². The van der Waals surface area contributed by atoms with Crippen molar-refractivity contribution < 1.29 is 13.6 Å². The average molecular weight is 457 g/mol. The van der Waals surface area contributed by atoms with Gasteiger partial charge >= 0.3 is 0 Å². The van der Waals surface area contributed by atoms with E-state index in [-0.39, 0.29) is 41.1 Å². The van der Waals surface area contributed by atoms with Crippen molar-refractivity contribution in [3.8, 4) is 11.5 Å². The molecule has 2 aliphatic heterocycles. The molecule has 3 atom stereocenters. The molecule has 1 amide bonds. The summed E-state index contributed by atoms with van der Waals surface area (Å²) < 4.78 is 20.8. The number of hydrogen-bond acceptors (Lipinski definition) is 5. The van der Waals surface area contributed by atoms with Gasteiger partial charge in [-0.2, -0.15) is 0 Å². The third kappa shape index (κ3) is 3.21. The Morgan fingerprint density at radius 2 is 2.14 bits per heavy atom. The third-order valence-corrected chi connectivity index (χ3v) is 6.19. The SMILES string of the molecule is O=C(c1cccc(F)c1-c1ncco1)N1[C@@H]2CC[C@H]1[C@H](Nc1ccc(Br)cn1)C2. The highest BCUT2D eigenvalue weighted by Crippen LogP contribution is 2.41. The summed E-state index contributed by atoms with van der Waals surface area (Å²) in [6.45, 7) is 0. The number of anilines is 1. The van der Waals surface area contributed by atoms with Gasteiger partial charge in [-0.25, -0.2) is 14.4 Å². The van der Waals surface area contributed by atoms with Crippen LogP contribution in [0.25, 0.3) is 11.5 Å². The fourth-order valence-electron chi connectivity index (χ4n) is 4.52. The van der Waals surface area contributed by atoms with E-state index < -0.39 is 5.82 Å². The zero-order valence-corrected chi connectivity index (χ0v) is 17.0. The molecule has 0 unspecified atom stereocenters. The number of halogens is 2. The zero-order chi connectivity index (χ0) is 20.0. The topological polar surface area (TPSA) is 71.3 Å². The van der Waals surface area contributed by atoms with Crippen molar-refractivity contribution in [1.82, 2.24) is 14.9 Å². The van der Waals surface area contributed by atoms with Gasteiger partial charge in [0.05, 0.1) is 23.4 Å². The van der Waals surface area contributed by atoms with Crippen molar-refractivity contribution in [2.24, 2.45) is 0 Å². The van der Waals surface area contributed by atoms with Crippen LogP contribution in [0.1, 0.15) is 29.6 Å². The van der Waals surface area contributed by atoms with Crippen molar-refractivity contribution in [3.05, 3.63) is 64.8 Å². The second kappa shape index (κ2) is 7.26. The van der Waals surface area contributed by atoms with E-state index in [9.17, 15) is 9.18 Å². The number of hydrogen-bond donors (Lipinski definition) is 1. The van der Waals surface area contributed by atoms with Gasteiger partial charge < -0.3 is 14.6 Å². The summed E-state index contributed by atoms with van der Waals surface area (Å²) in [5, 5.41) is 3.46. The highest BCUT2D eigenvalue weighted by molar-refractivity contribution is 9.10. The number of carbonyl (C=O) groups is 1. The molecule has 29 heavy (non-hydrogen) atoms. The molecule has 6 nitrogen and oxygen atoms in total. The Labute approximate surface area is 175 Å². The van der Waals surface area contributed by atoms with Crippen LogP contribution in [0.5, 0.6) is 0 Å². The summed E-state index contributed by atoms with van der Waals surface area (Å²) >= 11 is 3.39. The van der Waals surface area contributed by atoms with Gasteiger partial charge in [-0.15, -0.1) is 0 Å². The minimum atomic E-state index is -0.515. The molecule has 3 aromatic rings. The summed E-state index contributed by atoms with van der Waals surface area (Å²) in [7, 11) is 0. The molecule has 0 spiro atoms. The van der Waals surface area contributed by atoms with Crippen LogP contribution in [0.4, 0.5) is 10.2 Å². The normalized spacial score (nSPS) is 22.8. The molecule has 2 fully saturated rings. The number of aromatic nitrogens is 2. The molecule has 0 radical (unpaired) electrons. The van der Waals surface area contributed by atoms with Gasteiger partial charge in [0.25, 0.3) is 5.91 Å². The summed E-state index contributed by atoms with van der Waals surface area (Å²) in [5.41, 5.74) is 0.402. The highest BCUT2D eigenvalue weighted by atomic mass is 79.9. The lowest BCUT2D eigenvalue weighted by Crippen LogP contribution is -2.40. The second-order valence-electron chi connectivity index (χ2n) is 7.36. The van der Waals surface area contributed by atoms with Gasteiger partial charge in [-0.3, -0.25) is 4.79 Å². The first-order chi connectivity index (χ1) is 14.1. The smallest absolute Gasteiger partial charge is 0.255 e. The predicted octanol–water partition coefficient (Wildman–Crippen LogP) is 4.50. The maximum Gasteiger partial charge on any atom is 0.255 e. The number of pyridine rings is 1. The van der Waals surface area contributed by atoms with Crippen LogP contribution in [-0.4, -0.2) is 38.9 Å².